The minimum atomic E-state index is -0.610. The molecule has 0 aliphatic carbocycles. The molecule has 4 aromatic rings. The fourth-order valence-corrected chi connectivity index (χ4v) is 4.67. The van der Waals surface area contributed by atoms with Crippen molar-refractivity contribution in [2.75, 3.05) is 19.6 Å². The molecule has 1 fully saturated rings. The van der Waals surface area contributed by atoms with E-state index in [0.717, 1.165) is 11.1 Å². The number of imidazole rings is 2. The minimum Gasteiger partial charge on any atom is -0.341 e. The van der Waals surface area contributed by atoms with E-state index in [1.165, 1.54) is 12.1 Å². The van der Waals surface area contributed by atoms with Crippen LogP contribution in [0.15, 0.2) is 48.9 Å². The number of fused-ring (bicyclic) bond motifs is 1. The number of nitrogens with one attached hydrogen (secondary N) is 1. The summed E-state index contributed by atoms with van der Waals surface area (Å²) in [5.74, 6) is -0.295. The normalized spacial score (nSPS) is 15.6. The molecule has 1 aromatic carbocycles. The third-order valence-corrected chi connectivity index (χ3v) is 6.57. The molecule has 0 atom stereocenters. The number of carbonyl (C=O) groups excluding carboxylic acids is 2. The Morgan fingerprint density at radius 3 is 2.50 bits per heavy atom. The van der Waals surface area contributed by atoms with Gasteiger partial charge in [-0.3, -0.25) is 9.59 Å². The van der Waals surface area contributed by atoms with E-state index in [9.17, 15) is 14.0 Å². The number of hydrogen-bond donors (Lipinski definition) is 1. The molecule has 1 saturated heterocycles. The van der Waals surface area contributed by atoms with Gasteiger partial charge in [0.1, 0.15) is 11.5 Å². The van der Waals surface area contributed by atoms with E-state index in [1.54, 1.807) is 45.0 Å². The Labute approximate surface area is 208 Å². The molecule has 0 saturated carbocycles. The van der Waals surface area contributed by atoms with E-state index in [4.69, 9.17) is 0 Å². The van der Waals surface area contributed by atoms with Crippen LogP contribution in [0.1, 0.15) is 60.3 Å². The fraction of sp³-hybridized carbons (Fsp3) is 0.346. The minimum absolute atomic E-state index is 0.132. The zero-order valence-electron chi connectivity index (χ0n) is 20.7. The van der Waals surface area contributed by atoms with E-state index in [-0.39, 0.29) is 29.4 Å². The molecular formula is C26H28FN7O2. The molecule has 1 aliphatic rings. The van der Waals surface area contributed by atoms with Gasteiger partial charge < -0.3 is 14.8 Å². The standard InChI is InChI=1S/C26H28FN7O2/c1-16(2)19-13-20(17-5-7-18(27)8-6-17)31-34-14-21(30-23(19)34)24(35)33-12-11-32(15-26(33,3)4)25(36)22-28-9-10-29-22/h5-10,13-14,16H,11-12,15H2,1-4H3,(H,28,29). The lowest BCUT2D eigenvalue weighted by atomic mass is 9.98. The largest absolute Gasteiger partial charge is 0.341 e. The average molecular weight is 490 g/mol. The summed E-state index contributed by atoms with van der Waals surface area (Å²) in [6.07, 6.45) is 4.80. The molecule has 0 radical (unpaired) electrons. The first kappa shape index (κ1) is 23.7. The van der Waals surface area contributed by atoms with Crippen molar-refractivity contribution in [2.24, 2.45) is 0 Å². The van der Waals surface area contributed by atoms with Crippen molar-refractivity contribution in [1.82, 2.24) is 34.4 Å². The van der Waals surface area contributed by atoms with Gasteiger partial charge in [-0.15, -0.1) is 0 Å². The van der Waals surface area contributed by atoms with Crippen LogP contribution in [0.3, 0.4) is 0 Å². The first-order valence-corrected chi connectivity index (χ1v) is 11.9. The fourth-order valence-electron chi connectivity index (χ4n) is 4.67. The van der Waals surface area contributed by atoms with Crippen LogP contribution < -0.4 is 0 Å². The summed E-state index contributed by atoms with van der Waals surface area (Å²) in [4.78, 5) is 41.4. The molecule has 36 heavy (non-hydrogen) atoms. The number of piperazine rings is 1. The van der Waals surface area contributed by atoms with Crippen LogP contribution >= 0.6 is 0 Å². The summed E-state index contributed by atoms with van der Waals surface area (Å²) in [7, 11) is 0. The molecule has 186 valence electrons. The zero-order valence-corrected chi connectivity index (χ0v) is 20.7. The Hall–Kier alpha value is -4.08. The molecule has 10 heteroatoms. The van der Waals surface area contributed by atoms with Gasteiger partial charge in [0, 0.05) is 43.2 Å². The third kappa shape index (κ3) is 4.23. The number of benzene rings is 1. The first-order chi connectivity index (χ1) is 17.1. The first-order valence-electron chi connectivity index (χ1n) is 11.9. The van der Waals surface area contributed by atoms with Gasteiger partial charge >= 0.3 is 0 Å². The maximum atomic E-state index is 13.6. The highest BCUT2D eigenvalue weighted by molar-refractivity contribution is 5.94. The highest BCUT2D eigenvalue weighted by atomic mass is 19.1. The smallest absolute Gasteiger partial charge is 0.289 e. The highest BCUT2D eigenvalue weighted by Gasteiger charge is 2.40. The number of nitrogens with zero attached hydrogens (tertiary/aromatic N) is 6. The van der Waals surface area contributed by atoms with Crippen LogP contribution in [0.5, 0.6) is 0 Å². The number of halogens is 1. The average Bonchev–Trinajstić information content (AvgIpc) is 3.52. The Morgan fingerprint density at radius 1 is 1.11 bits per heavy atom. The number of hydrogen-bond acceptors (Lipinski definition) is 5. The van der Waals surface area contributed by atoms with Crippen LogP contribution in [0.25, 0.3) is 16.9 Å². The molecule has 2 amide bonds. The number of H-pyrrole nitrogens is 1. The van der Waals surface area contributed by atoms with Gasteiger partial charge in [-0.1, -0.05) is 13.8 Å². The van der Waals surface area contributed by atoms with Gasteiger partial charge in [-0.2, -0.15) is 5.10 Å². The van der Waals surface area contributed by atoms with Crippen LogP contribution in [0.4, 0.5) is 4.39 Å². The molecule has 0 bridgehead atoms. The maximum Gasteiger partial charge on any atom is 0.289 e. The zero-order chi connectivity index (χ0) is 25.6. The number of amides is 2. The maximum absolute atomic E-state index is 13.6. The molecule has 1 aliphatic heterocycles. The van der Waals surface area contributed by atoms with Crippen molar-refractivity contribution >= 4 is 17.5 Å². The topological polar surface area (TPSA) is 99.5 Å². The third-order valence-electron chi connectivity index (χ3n) is 6.57. The van der Waals surface area contributed by atoms with Crippen LogP contribution in [-0.2, 0) is 0 Å². The number of aromatic nitrogens is 5. The summed E-state index contributed by atoms with van der Waals surface area (Å²) in [6.45, 7) is 9.12. The van der Waals surface area contributed by atoms with E-state index in [2.05, 4.69) is 33.9 Å². The van der Waals surface area contributed by atoms with E-state index < -0.39 is 5.54 Å². The van der Waals surface area contributed by atoms with Gasteiger partial charge in [-0.25, -0.2) is 18.9 Å². The van der Waals surface area contributed by atoms with Crippen molar-refractivity contribution in [1.29, 1.82) is 0 Å². The lowest BCUT2D eigenvalue weighted by molar-refractivity contribution is 0.0161. The Morgan fingerprint density at radius 2 is 1.86 bits per heavy atom. The molecular weight excluding hydrogens is 461 g/mol. The lowest BCUT2D eigenvalue weighted by Crippen LogP contribution is -2.62. The summed E-state index contributed by atoms with van der Waals surface area (Å²) < 4.78 is 15.1. The second-order valence-electron chi connectivity index (χ2n) is 9.97. The van der Waals surface area contributed by atoms with Crippen LogP contribution in [0.2, 0.25) is 0 Å². The monoisotopic (exact) mass is 489 g/mol. The van der Waals surface area contributed by atoms with Crippen LogP contribution in [-0.4, -0.2) is 71.4 Å². The van der Waals surface area contributed by atoms with Crippen LogP contribution in [0, 0.1) is 5.82 Å². The van der Waals surface area contributed by atoms with Gasteiger partial charge in [0.05, 0.1) is 17.4 Å². The molecule has 5 rings (SSSR count). The van der Waals surface area contributed by atoms with Crippen molar-refractivity contribution in [3.63, 3.8) is 0 Å². The highest BCUT2D eigenvalue weighted by Crippen LogP contribution is 2.28. The van der Waals surface area contributed by atoms with Gasteiger partial charge in [-0.05, 0) is 50.1 Å². The second kappa shape index (κ2) is 8.85. The lowest BCUT2D eigenvalue weighted by Gasteiger charge is -2.46. The predicted molar refractivity (Wildman–Crippen MR) is 132 cm³/mol. The van der Waals surface area contributed by atoms with Gasteiger partial charge in [0.25, 0.3) is 11.8 Å². The van der Waals surface area contributed by atoms with Gasteiger partial charge in [0.2, 0.25) is 0 Å². The Balaban J connectivity index is 1.45. The van der Waals surface area contributed by atoms with Crippen molar-refractivity contribution in [3.8, 4) is 11.3 Å². The molecule has 4 heterocycles. The molecule has 0 unspecified atom stereocenters. The quantitative estimate of drug-likeness (QED) is 0.471. The molecule has 9 nitrogen and oxygen atoms in total. The number of aromatic amines is 1. The van der Waals surface area contributed by atoms with Crippen molar-refractivity contribution < 1.29 is 14.0 Å². The molecule has 0 spiro atoms. The number of carbonyl (C=O) groups is 2. The number of rotatable bonds is 4. The SMILES string of the molecule is CC(C)c1cc(-c2ccc(F)cc2)nn2cc(C(=O)N3CCN(C(=O)c4ncc[nH]4)CC3(C)C)nc12. The van der Waals surface area contributed by atoms with E-state index in [1.807, 2.05) is 19.9 Å². The van der Waals surface area contributed by atoms with E-state index in [0.29, 0.717) is 36.7 Å². The van der Waals surface area contributed by atoms with Gasteiger partial charge in [0.15, 0.2) is 11.5 Å². The Bertz CT molecular complexity index is 1420. The van der Waals surface area contributed by atoms with Crippen molar-refractivity contribution in [2.45, 2.75) is 39.2 Å². The second-order valence-corrected chi connectivity index (χ2v) is 9.97. The van der Waals surface area contributed by atoms with E-state index >= 15 is 0 Å². The molecule has 1 N–H and O–H groups in total. The predicted octanol–water partition coefficient (Wildman–Crippen LogP) is 3.76. The summed E-state index contributed by atoms with van der Waals surface area (Å²) in [5, 5.41) is 4.66. The van der Waals surface area contributed by atoms with Crippen molar-refractivity contribution in [3.05, 3.63) is 71.8 Å². The summed E-state index contributed by atoms with van der Waals surface area (Å²) in [6, 6.07) is 8.11. The Kier molecular flexibility index (Phi) is 5.82. The molecule has 3 aromatic heterocycles. The summed E-state index contributed by atoms with van der Waals surface area (Å²) >= 11 is 0. The summed E-state index contributed by atoms with van der Waals surface area (Å²) in [5.41, 5.74) is 2.69.